The lowest BCUT2D eigenvalue weighted by atomic mass is 9.70. The number of hydrogen-bond donors (Lipinski definition) is 0. The third-order valence-electron chi connectivity index (χ3n) is 12.1. The Bertz CT molecular complexity index is 3170. The first-order valence-corrected chi connectivity index (χ1v) is 19.0. The van der Waals surface area contributed by atoms with Gasteiger partial charge in [0.25, 0.3) is 0 Å². The van der Waals surface area contributed by atoms with Gasteiger partial charge in [0, 0.05) is 16.5 Å². The van der Waals surface area contributed by atoms with Crippen LogP contribution in [0.5, 0.6) is 0 Å². The number of para-hydroxylation sites is 1. The van der Waals surface area contributed by atoms with Crippen molar-refractivity contribution in [2.24, 2.45) is 0 Å². The lowest BCUT2D eigenvalue weighted by Gasteiger charge is -2.31. The summed E-state index contributed by atoms with van der Waals surface area (Å²) in [5.41, 5.74) is 16.5. The first kappa shape index (κ1) is 30.3. The molecule has 1 heterocycles. The van der Waals surface area contributed by atoms with E-state index in [0.29, 0.717) is 0 Å². The molecule has 2 aliphatic rings. The van der Waals surface area contributed by atoms with E-state index < -0.39 is 5.41 Å². The van der Waals surface area contributed by atoms with Gasteiger partial charge in [-0.3, -0.25) is 0 Å². The Labute approximate surface area is 319 Å². The van der Waals surface area contributed by atoms with Crippen molar-refractivity contribution in [2.75, 3.05) is 0 Å². The smallest absolute Gasteiger partial charge is 0.160 e. The van der Waals surface area contributed by atoms with Crippen molar-refractivity contribution < 1.29 is 0 Å². The fourth-order valence-corrected chi connectivity index (χ4v) is 9.84. The summed E-state index contributed by atoms with van der Waals surface area (Å²) < 4.78 is 0. The highest BCUT2D eigenvalue weighted by Crippen LogP contribution is 2.65. The summed E-state index contributed by atoms with van der Waals surface area (Å²) in [6, 6.07) is 70.9. The lowest BCUT2D eigenvalue weighted by molar-refractivity contribution is 0.795. The Hall–Kier alpha value is -7.16. The van der Waals surface area contributed by atoms with E-state index in [9.17, 15) is 0 Å². The molecule has 9 aromatic carbocycles. The molecule has 0 saturated heterocycles. The second-order valence-corrected chi connectivity index (χ2v) is 14.8. The van der Waals surface area contributed by atoms with Crippen molar-refractivity contribution in [3.63, 3.8) is 0 Å². The van der Waals surface area contributed by atoms with Crippen molar-refractivity contribution in [3.05, 3.63) is 216 Å². The van der Waals surface area contributed by atoms with Crippen LogP contribution in [0.25, 0.3) is 88.5 Å². The number of fused-ring (bicyclic) bond motifs is 15. The zero-order chi connectivity index (χ0) is 36.1. The topological polar surface area (TPSA) is 25.8 Å². The number of aromatic nitrogens is 2. The monoisotopic (exact) mass is 696 g/mol. The predicted octanol–water partition coefficient (Wildman–Crippen LogP) is 13.3. The number of hydrogen-bond acceptors (Lipinski definition) is 2. The standard InChI is InChI=1S/C53H32N2/c1-2-16-34(17-3-1)51-42-25-10-13-28-48(42)54-52(55-51)36-19-14-18-35(31-36)43-32-47-50(41-24-7-6-21-38(41)43)49-37-20-5-4-15-33(37)29-30-46(49)53(47)44-26-11-8-22-39(44)40-23-9-12-27-45(40)53/h1-32H. The van der Waals surface area contributed by atoms with Gasteiger partial charge in [-0.1, -0.05) is 176 Å². The van der Waals surface area contributed by atoms with Crippen molar-refractivity contribution in [1.82, 2.24) is 9.97 Å². The van der Waals surface area contributed by atoms with Crippen LogP contribution in [0.3, 0.4) is 0 Å². The molecule has 0 amide bonds. The molecular weight excluding hydrogens is 665 g/mol. The minimum absolute atomic E-state index is 0.468. The molecule has 55 heavy (non-hydrogen) atoms. The molecule has 1 aromatic heterocycles. The fraction of sp³-hybridized carbons (Fsp3) is 0.0189. The minimum atomic E-state index is -0.468. The van der Waals surface area contributed by atoms with E-state index >= 15 is 0 Å². The Morgan fingerprint density at radius 3 is 1.73 bits per heavy atom. The van der Waals surface area contributed by atoms with Crippen LogP contribution in [0, 0.1) is 0 Å². The molecule has 2 aliphatic carbocycles. The number of nitrogens with zero attached hydrogens (tertiary/aromatic N) is 2. The zero-order valence-electron chi connectivity index (χ0n) is 29.9. The first-order chi connectivity index (χ1) is 27.3. The number of benzene rings is 9. The SMILES string of the molecule is c1ccc(-c2nc(-c3cccc(-c4cc5c(c6ccccc46)-c4c(ccc6ccccc46)C54c5ccccc5-c5ccccc54)c3)nc3ccccc23)cc1. The van der Waals surface area contributed by atoms with E-state index in [1.165, 1.54) is 71.6 Å². The molecule has 0 radical (unpaired) electrons. The van der Waals surface area contributed by atoms with Crippen LogP contribution >= 0.6 is 0 Å². The van der Waals surface area contributed by atoms with Crippen LogP contribution in [-0.4, -0.2) is 9.97 Å². The summed E-state index contributed by atoms with van der Waals surface area (Å²) in [4.78, 5) is 10.4. The summed E-state index contributed by atoms with van der Waals surface area (Å²) in [6.45, 7) is 0. The summed E-state index contributed by atoms with van der Waals surface area (Å²) in [6.07, 6.45) is 0. The maximum absolute atomic E-state index is 5.25. The summed E-state index contributed by atoms with van der Waals surface area (Å²) >= 11 is 0. The summed E-state index contributed by atoms with van der Waals surface area (Å²) in [5.74, 6) is 0.721. The van der Waals surface area contributed by atoms with Crippen molar-refractivity contribution in [2.45, 2.75) is 5.41 Å². The highest BCUT2D eigenvalue weighted by Gasteiger charge is 2.52. The Morgan fingerprint density at radius 1 is 0.327 bits per heavy atom. The normalized spacial score (nSPS) is 13.2. The van der Waals surface area contributed by atoms with Gasteiger partial charge >= 0.3 is 0 Å². The molecule has 0 N–H and O–H groups in total. The van der Waals surface area contributed by atoms with Gasteiger partial charge < -0.3 is 0 Å². The molecule has 2 heteroatoms. The zero-order valence-corrected chi connectivity index (χ0v) is 29.9. The van der Waals surface area contributed by atoms with E-state index in [-0.39, 0.29) is 0 Å². The molecule has 0 unspecified atom stereocenters. The molecule has 0 aliphatic heterocycles. The summed E-state index contributed by atoms with van der Waals surface area (Å²) in [5, 5.41) is 6.11. The van der Waals surface area contributed by atoms with Crippen LogP contribution in [0.2, 0.25) is 0 Å². The largest absolute Gasteiger partial charge is 0.228 e. The van der Waals surface area contributed by atoms with E-state index in [1.54, 1.807) is 0 Å². The second kappa shape index (κ2) is 11.4. The van der Waals surface area contributed by atoms with Gasteiger partial charge in [-0.15, -0.1) is 0 Å². The maximum atomic E-state index is 5.25. The van der Waals surface area contributed by atoms with E-state index in [0.717, 1.165) is 39.1 Å². The van der Waals surface area contributed by atoms with Gasteiger partial charge in [-0.2, -0.15) is 0 Å². The third-order valence-corrected chi connectivity index (χ3v) is 12.1. The molecule has 0 fully saturated rings. The molecular formula is C53H32N2. The van der Waals surface area contributed by atoms with Crippen LogP contribution < -0.4 is 0 Å². The van der Waals surface area contributed by atoms with E-state index in [1.807, 2.05) is 6.07 Å². The average molecular weight is 697 g/mol. The van der Waals surface area contributed by atoms with Crippen LogP contribution in [0.1, 0.15) is 22.3 Å². The molecule has 12 rings (SSSR count). The van der Waals surface area contributed by atoms with Gasteiger partial charge in [0.15, 0.2) is 5.82 Å². The summed E-state index contributed by atoms with van der Waals surface area (Å²) in [7, 11) is 0. The highest BCUT2D eigenvalue weighted by molar-refractivity contribution is 6.16. The molecule has 2 nitrogen and oxygen atoms in total. The lowest BCUT2D eigenvalue weighted by Crippen LogP contribution is -2.26. The van der Waals surface area contributed by atoms with E-state index in [2.05, 4.69) is 188 Å². The Balaban J connectivity index is 1.16. The quantitative estimate of drug-likeness (QED) is 0.184. The van der Waals surface area contributed by atoms with Gasteiger partial charge in [0.05, 0.1) is 16.6 Å². The second-order valence-electron chi connectivity index (χ2n) is 14.8. The Morgan fingerprint density at radius 2 is 0.927 bits per heavy atom. The molecule has 254 valence electrons. The van der Waals surface area contributed by atoms with Crippen LogP contribution in [0.15, 0.2) is 194 Å². The molecule has 0 bridgehead atoms. The van der Waals surface area contributed by atoms with Crippen LogP contribution in [-0.2, 0) is 5.41 Å². The molecule has 10 aromatic rings. The molecule has 0 saturated carbocycles. The van der Waals surface area contributed by atoms with E-state index in [4.69, 9.17) is 9.97 Å². The third kappa shape index (κ3) is 4.14. The number of rotatable bonds is 3. The van der Waals surface area contributed by atoms with Gasteiger partial charge in [-0.05, 0) is 95.4 Å². The van der Waals surface area contributed by atoms with Gasteiger partial charge in [0.1, 0.15) is 0 Å². The Kier molecular flexibility index (Phi) is 6.29. The predicted molar refractivity (Wildman–Crippen MR) is 227 cm³/mol. The average Bonchev–Trinajstić information content (AvgIpc) is 3.74. The van der Waals surface area contributed by atoms with Gasteiger partial charge in [-0.25, -0.2) is 9.97 Å². The first-order valence-electron chi connectivity index (χ1n) is 19.0. The van der Waals surface area contributed by atoms with Crippen molar-refractivity contribution in [1.29, 1.82) is 0 Å². The highest BCUT2D eigenvalue weighted by atomic mass is 14.9. The molecule has 1 spiro atoms. The molecule has 0 atom stereocenters. The van der Waals surface area contributed by atoms with Crippen LogP contribution in [0.4, 0.5) is 0 Å². The van der Waals surface area contributed by atoms with Crippen molar-refractivity contribution in [3.8, 4) is 56.0 Å². The van der Waals surface area contributed by atoms with Gasteiger partial charge in [0.2, 0.25) is 0 Å². The fourth-order valence-electron chi connectivity index (χ4n) is 9.84. The van der Waals surface area contributed by atoms with Crippen molar-refractivity contribution >= 4 is 32.4 Å². The maximum Gasteiger partial charge on any atom is 0.160 e. The minimum Gasteiger partial charge on any atom is -0.228 e.